The van der Waals surface area contributed by atoms with Crippen LogP contribution >= 0.6 is 0 Å². The Morgan fingerprint density at radius 2 is 1.96 bits per heavy atom. The maximum absolute atomic E-state index is 12.9. The minimum absolute atomic E-state index is 0. The molecule has 4 heteroatoms. The van der Waals surface area contributed by atoms with Gasteiger partial charge in [0.25, 0.3) is 0 Å². The third-order valence-electron chi connectivity index (χ3n) is 5.48. The third-order valence-corrected chi connectivity index (χ3v) is 5.48. The molecule has 4 rings (SSSR count). The molecule has 0 aliphatic carbocycles. The highest BCUT2D eigenvalue weighted by Gasteiger charge is 2.23. The molecule has 144 valence electrons. The van der Waals surface area contributed by atoms with Crippen molar-refractivity contribution in [3.63, 3.8) is 0 Å². The molecule has 0 bridgehead atoms. The largest absolute Gasteiger partial charge is 0.356 e. The molecule has 2 aromatic heterocycles. The van der Waals surface area contributed by atoms with Crippen LogP contribution in [-0.4, -0.2) is 28.8 Å². The van der Waals surface area contributed by atoms with Crippen molar-refractivity contribution in [2.45, 2.75) is 32.6 Å². The fourth-order valence-corrected chi connectivity index (χ4v) is 3.97. The van der Waals surface area contributed by atoms with Crippen LogP contribution in [0.1, 0.15) is 53.1 Å². The summed E-state index contributed by atoms with van der Waals surface area (Å²) in [5, 5.41) is 0. The Hall–Kier alpha value is -3.01. The molecule has 1 aliphatic rings. The number of ketones is 1. The summed E-state index contributed by atoms with van der Waals surface area (Å²) in [6.07, 6.45) is 4.02. The average molecular weight is 374 g/mol. The molecule has 1 aromatic carbocycles. The highest BCUT2D eigenvalue weighted by Crippen LogP contribution is 2.30. The van der Waals surface area contributed by atoms with Crippen molar-refractivity contribution in [3.05, 3.63) is 88.9 Å². The van der Waals surface area contributed by atoms with E-state index in [0.717, 1.165) is 31.0 Å². The van der Waals surface area contributed by atoms with Gasteiger partial charge in [-0.25, -0.2) is 4.98 Å². The fourth-order valence-electron chi connectivity index (χ4n) is 3.97. The molecule has 1 unspecified atom stereocenters. The number of carbonyl (C=O) groups excluding carboxylic acids is 1. The molecule has 3 heterocycles. The lowest BCUT2D eigenvalue weighted by molar-refractivity contribution is 0.103. The molecule has 0 radical (unpaired) electrons. The number of rotatable bonds is 4. The zero-order valence-corrected chi connectivity index (χ0v) is 16.4. The summed E-state index contributed by atoms with van der Waals surface area (Å²) in [4.78, 5) is 24.2. The highest BCUT2D eigenvalue weighted by atomic mass is 16.1. The SMILES string of the molecule is Cc1cccc(C2CCCN(c3cccc(C(=O)c4cccnc4C)n3)C2)c1.[HH]. The Bertz CT molecular complexity index is 1000. The second-order valence-corrected chi connectivity index (χ2v) is 7.55. The molecule has 0 spiro atoms. The first-order valence-corrected chi connectivity index (χ1v) is 9.87. The van der Waals surface area contributed by atoms with Gasteiger partial charge in [-0.1, -0.05) is 35.9 Å². The van der Waals surface area contributed by atoms with Crippen LogP contribution < -0.4 is 4.90 Å². The molecule has 0 N–H and O–H groups in total. The molecule has 1 atom stereocenters. The predicted octanol–water partition coefficient (Wildman–Crippen LogP) is 4.95. The predicted molar refractivity (Wildman–Crippen MR) is 114 cm³/mol. The van der Waals surface area contributed by atoms with Gasteiger partial charge in [0.05, 0.1) is 0 Å². The number of piperidine rings is 1. The minimum Gasteiger partial charge on any atom is -0.356 e. The Balaban J connectivity index is 0.00000240. The van der Waals surface area contributed by atoms with Gasteiger partial charge in [0.2, 0.25) is 5.78 Å². The van der Waals surface area contributed by atoms with Gasteiger partial charge in [-0.3, -0.25) is 9.78 Å². The van der Waals surface area contributed by atoms with Crippen LogP contribution in [0.3, 0.4) is 0 Å². The molecule has 4 nitrogen and oxygen atoms in total. The van der Waals surface area contributed by atoms with E-state index in [9.17, 15) is 4.79 Å². The first-order valence-electron chi connectivity index (χ1n) is 9.87. The first kappa shape index (κ1) is 18.4. The van der Waals surface area contributed by atoms with E-state index in [1.54, 1.807) is 18.3 Å². The van der Waals surface area contributed by atoms with Gasteiger partial charge < -0.3 is 4.90 Å². The second kappa shape index (κ2) is 7.93. The number of aromatic nitrogens is 2. The standard InChI is InChI=1S/C24H25N3O.H2/c1-17-7-3-8-19(15-17)20-9-6-14-27(16-20)23-12-4-11-22(26-23)24(28)21-10-5-13-25-18(21)2;/h3-5,7-8,10-13,15,20H,6,9,14,16H2,1-2H3;1H. The Labute approximate surface area is 167 Å². The van der Waals surface area contributed by atoms with Crippen molar-refractivity contribution in [1.29, 1.82) is 0 Å². The maximum atomic E-state index is 12.9. The third kappa shape index (κ3) is 3.81. The van der Waals surface area contributed by atoms with Crippen LogP contribution in [0, 0.1) is 13.8 Å². The van der Waals surface area contributed by atoms with Gasteiger partial charge in [-0.15, -0.1) is 0 Å². The number of pyridine rings is 2. The normalized spacial score (nSPS) is 16.8. The van der Waals surface area contributed by atoms with E-state index in [0.29, 0.717) is 17.2 Å². The smallest absolute Gasteiger partial charge is 0.213 e. The Morgan fingerprint density at radius 1 is 1.11 bits per heavy atom. The lowest BCUT2D eigenvalue weighted by atomic mass is 9.90. The number of aryl methyl sites for hydroxylation is 2. The summed E-state index contributed by atoms with van der Waals surface area (Å²) >= 11 is 0. The van der Waals surface area contributed by atoms with Crippen molar-refractivity contribution in [1.82, 2.24) is 9.97 Å². The van der Waals surface area contributed by atoms with E-state index in [2.05, 4.69) is 41.1 Å². The quantitative estimate of drug-likeness (QED) is 0.607. The Kier molecular flexibility index (Phi) is 5.20. The number of benzene rings is 1. The van der Waals surface area contributed by atoms with Gasteiger partial charge in [0, 0.05) is 37.9 Å². The van der Waals surface area contributed by atoms with Gasteiger partial charge in [-0.05, 0) is 56.5 Å². The van der Waals surface area contributed by atoms with Gasteiger partial charge >= 0.3 is 0 Å². The number of nitrogens with zero attached hydrogens (tertiary/aromatic N) is 3. The summed E-state index contributed by atoms with van der Waals surface area (Å²) in [5.74, 6) is 1.31. The van der Waals surface area contributed by atoms with Crippen molar-refractivity contribution in [3.8, 4) is 0 Å². The summed E-state index contributed by atoms with van der Waals surface area (Å²) < 4.78 is 0. The fraction of sp³-hybridized carbons (Fsp3) is 0.292. The van der Waals surface area contributed by atoms with Crippen LogP contribution in [0.25, 0.3) is 0 Å². The van der Waals surface area contributed by atoms with Crippen molar-refractivity contribution < 1.29 is 6.22 Å². The van der Waals surface area contributed by atoms with E-state index in [1.807, 2.05) is 25.1 Å². The van der Waals surface area contributed by atoms with Gasteiger partial charge in [-0.2, -0.15) is 0 Å². The lowest BCUT2D eigenvalue weighted by Crippen LogP contribution is -2.35. The molecular weight excluding hydrogens is 346 g/mol. The number of hydrogen-bond donors (Lipinski definition) is 0. The van der Waals surface area contributed by atoms with Crippen LogP contribution in [0.5, 0.6) is 0 Å². The van der Waals surface area contributed by atoms with Gasteiger partial charge in [0.15, 0.2) is 0 Å². The first-order chi connectivity index (χ1) is 13.6. The van der Waals surface area contributed by atoms with Crippen LogP contribution in [-0.2, 0) is 0 Å². The summed E-state index contributed by atoms with van der Waals surface area (Å²) in [5.41, 5.74) is 4.52. The molecular formula is C24H27N3O. The highest BCUT2D eigenvalue weighted by molar-refractivity contribution is 6.08. The van der Waals surface area contributed by atoms with Crippen molar-refractivity contribution in [2.24, 2.45) is 0 Å². The number of hydrogen-bond acceptors (Lipinski definition) is 4. The topological polar surface area (TPSA) is 46.1 Å². The average Bonchev–Trinajstić information content (AvgIpc) is 2.74. The molecule has 1 fully saturated rings. The van der Waals surface area contributed by atoms with E-state index >= 15 is 0 Å². The van der Waals surface area contributed by atoms with E-state index in [1.165, 1.54) is 17.5 Å². The number of anilines is 1. The molecule has 28 heavy (non-hydrogen) atoms. The molecule has 1 saturated heterocycles. The number of carbonyl (C=O) groups is 1. The van der Waals surface area contributed by atoms with E-state index in [-0.39, 0.29) is 7.21 Å². The monoisotopic (exact) mass is 373 g/mol. The van der Waals surface area contributed by atoms with Crippen molar-refractivity contribution in [2.75, 3.05) is 18.0 Å². The summed E-state index contributed by atoms with van der Waals surface area (Å²) in [6, 6.07) is 18.1. The molecule has 3 aromatic rings. The lowest BCUT2D eigenvalue weighted by Gasteiger charge is -2.34. The van der Waals surface area contributed by atoms with E-state index in [4.69, 9.17) is 4.98 Å². The molecule has 1 aliphatic heterocycles. The molecule has 0 amide bonds. The van der Waals surface area contributed by atoms with Gasteiger partial charge in [0.1, 0.15) is 11.5 Å². The van der Waals surface area contributed by atoms with Crippen LogP contribution in [0.2, 0.25) is 0 Å². The zero-order valence-electron chi connectivity index (χ0n) is 16.4. The summed E-state index contributed by atoms with van der Waals surface area (Å²) in [6.45, 7) is 5.90. The minimum atomic E-state index is -0.0697. The maximum Gasteiger partial charge on any atom is 0.213 e. The zero-order chi connectivity index (χ0) is 19.5. The Morgan fingerprint density at radius 3 is 2.79 bits per heavy atom. The van der Waals surface area contributed by atoms with Crippen LogP contribution in [0.4, 0.5) is 5.82 Å². The van der Waals surface area contributed by atoms with E-state index < -0.39 is 0 Å². The van der Waals surface area contributed by atoms with Crippen molar-refractivity contribution >= 4 is 11.6 Å². The van der Waals surface area contributed by atoms with Crippen LogP contribution in [0.15, 0.2) is 60.8 Å². The summed E-state index contributed by atoms with van der Waals surface area (Å²) in [7, 11) is 0. The molecule has 0 saturated carbocycles. The second-order valence-electron chi connectivity index (χ2n) is 7.55.